The van der Waals surface area contributed by atoms with Gasteiger partial charge in [0.1, 0.15) is 48.0 Å². The number of carbonyl (C=O) groups excluding carboxylic acids is 6. The van der Waals surface area contributed by atoms with E-state index in [2.05, 4.69) is 26.3 Å². The molecule has 2 fully saturated rings. The Morgan fingerprint density at radius 1 is 0.770 bits per heavy atom. The summed E-state index contributed by atoms with van der Waals surface area (Å²) in [5.41, 5.74) is 17.2. The number of nitrogens with one attached hydrogen (secondary N) is 4. The minimum Gasteiger partial charge on any atom is -0.508 e. The van der Waals surface area contributed by atoms with Gasteiger partial charge in [0.25, 0.3) is 0 Å². The van der Waals surface area contributed by atoms with Crippen molar-refractivity contribution >= 4 is 47.4 Å². The molecule has 0 radical (unpaired) electrons. The third kappa shape index (κ3) is 14.0. The van der Waals surface area contributed by atoms with Crippen LogP contribution in [-0.2, 0) is 40.0 Å². The number of carbonyl (C=O) groups is 7. The van der Waals surface area contributed by atoms with Crippen LogP contribution < -0.4 is 38.5 Å². The first-order valence-corrected chi connectivity index (χ1v) is 21.1. The number of guanidine groups is 1. The first-order valence-electron chi connectivity index (χ1n) is 21.1. The van der Waals surface area contributed by atoms with Crippen LogP contribution in [-0.4, -0.2) is 141 Å². The maximum absolute atomic E-state index is 14.4. The zero-order chi connectivity index (χ0) is 45.6. The lowest BCUT2D eigenvalue weighted by atomic mass is 9.96. The van der Waals surface area contributed by atoms with E-state index < -0.39 is 102 Å². The van der Waals surface area contributed by atoms with Gasteiger partial charge in [-0.05, 0) is 75.0 Å². The van der Waals surface area contributed by atoms with E-state index in [0.29, 0.717) is 31.2 Å². The molecule has 0 unspecified atom stereocenters. The summed E-state index contributed by atoms with van der Waals surface area (Å²) in [6, 6.07) is -1.89. The monoisotopic (exact) mass is 858 g/mol. The van der Waals surface area contributed by atoms with Gasteiger partial charge < -0.3 is 63.6 Å². The number of aromatic hydroxyl groups is 1. The molecule has 0 spiro atoms. The smallest absolute Gasteiger partial charge is 0.326 e. The highest BCUT2D eigenvalue weighted by Crippen LogP contribution is 2.25. The molecule has 20 heteroatoms. The van der Waals surface area contributed by atoms with Crippen molar-refractivity contribution in [3.8, 4) is 5.75 Å². The van der Waals surface area contributed by atoms with E-state index in [1.54, 1.807) is 26.0 Å². The Labute approximate surface area is 356 Å². The van der Waals surface area contributed by atoms with Crippen LogP contribution in [0.15, 0.2) is 29.3 Å². The van der Waals surface area contributed by atoms with E-state index in [0.717, 1.165) is 0 Å². The molecular formula is C41H66N10O10. The number of phenolic OH excluding ortho intramolecular Hbond substituents is 1. The average molecular weight is 859 g/mol. The number of aliphatic carboxylic acids is 1. The molecular weight excluding hydrogens is 793 g/mol. The number of hydrogen-bond acceptors (Lipinski definition) is 11. The topological polar surface area (TPSA) is 325 Å². The van der Waals surface area contributed by atoms with Gasteiger partial charge in [0.05, 0.1) is 6.10 Å². The molecule has 13 N–H and O–H groups in total. The summed E-state index contributed by atoms with van der Waals surface area (Å²) in [5, 5.41) is 40.3. The van der Waals surface area contributed by atoms with Gasteiger partial charge in [-0.25, -0.2) is 4.79 Å². The summed E-state index contributed by atoms with van der Waals surface area (Å²) in [6.45, 7) is 9.12. The number of nitrogens with zero attached hydrogens (tertiary/aromatic N) is 3. The second-order valence-electron chi connectivity index (χ2n) is 16.2. The normalized spacial score (nSPS) is 20.2. The number of carboxylic acids is 1. The maximum atomic E-state index is 14.4. The number of nitrogens with two attached hydrogens (primary N) is 3. The molecule has 2 aliphatic heterocycles. The number of phenols is 1. The van der Waals surface area contributed by atoms with Gasteiger partial charge >= 0.3 is 5.97 Å². The molecule has 1 aromatic carbocycles. The second-order valence-corrected chi connectivity index (χ2v) is 16.2. The average Bonchev–Trinajstić information content (AvgIpc) is 3.93. The van der Waals surface area contributed by atoms with Gasteiger partial charge in [0.2, 0.25) is 35.4 Å². The summed E-state index contributed by atoms with van der Waals surface area (Å²) < 4.78 is 0. The number of aliphatic hydroxyl groups is 1. The van der Waals surface area contributed by atoms with Crippen LogP contribution in [0.5, 0.6) is 5.75 Å². The van der Waals surface area contributed by atoms with E-state index in [1.165, 1.54) is 28.9 Å². The Morgan fingerprint density at radius 3 is 1.79 bits per heavy atom. The van der Waals surface area contributed by atoms with Gasteiger partial charge in [-0.15, -0.1) is 0 Å². The van der Waals surface area contributed by atoms with Crippen molar-refractivity contribution in [2.24, 2.45) is 34.0 Å². The fraction of sp³-hybridized carbons (Fsp3) is 0.659. The fourth-order valence-electron chi connectivity index (χ4n) is 7.45. The van der Waals surface area contributed by atoms with Crippen LogP contribution in [0.25, 0.3) is 0 Å². The van der Waals surface area contributed by atoms with E-state index in [-0.39, 0.29) is 63.4 Å². The molecule has 0 saturated carbocycles. The molecule has 0 aliphatic carbocycles. The predicted molar refractivity (Wildman–Crippen MR) is 225 cm³/mol. The fourth-order valence-corrected chi connectivity index (χ4v) is 7.45. The Bertz CT molecular complexity index is 1720. The molecule has 3 rings (SSSR count). The summed E-state index contributed by atoms with van der Waals surface area (Å²) in [6.07, 6.45) is 1.54. The number of amides is 6. The molecule has 2 heterocycles. The third-order valence-corrected chi connectivity index (χ3v) is 11.6. The first kappa shape index (κ1) is 49.9. The predicted octanol–water partition coefficient (Wildman–Crippen LogP) is -1.21. The van der Waals surface area contributed by atoms with Gasteiger partial charge in [-0.3, -0.25) is 33.8 Å². The largest absolute Gasteiger partial charge is 0.508 e. The van der Waals surface area contributed by atoms with E-state index in [9.17, 15) is 48.9 Å². The lowest BCUT2D eigenvalue weighted by Gasteiger charge is -2.34. The number of aliphatic imine (C=N–C) groups is 1. The van der Waals surface area contributed by atoms with E-state index >= 15 is 0 Å². The number of rotatable bonds is 22. The van der Waals surface area contributed by atoms with Crippen LogP contribution in [0.1, 0.15) is 91.5 Å². The molecule has 0 bridgehead atoms. The van der Waals surface area contributed by atoms with Gasteiger partial charge in [0, 0.05) is 26.1 Å². The highest BCUT2D eigenvalue weighted by atomic mass is 16.4. The first-order chi connectivity index (χ1) is 28.8. The number of aliphatic hydroxyl groups excluding tert-OH is 1. The Hall–Kier alpha value is -5.50. The highest BCUT2D eigenvalue weighted by molar-refractivity contribution is 5.97. The van der Waals surface area contributed by atoms with Crippen molar-refractivity contribution in [2.45, 2.75) is 141 Å². The van der Waals surface area contributed by atoms with Crippen molar-refractivity contribution in [2.75, 3.05) is 19.6 Å². The van der Waals surface area contributed by atoms with Crippen LogP contribution in [0.3, 0.4) is 0 Å². The van der Waals surface area contributed by atoms with Crippen molar-refractivity contribution in [1.82, 2.24) is 31.1 Å². The lowest BCUT2D eigenvalue weighted by molar-refractivity contribution is -0.146. The summed E-state index contributed by atoms with van der Waals surface area (Å²) in [7, 11) is 0. The molecule has 2 aliphatic rings. The van der Waals surface area contributed by atoms with Crippen LogP contribution >= 0.6 is 0 Å². The van der Waals surface area contributed by atoms with E-state index in [4.69, 9.17) is 17.2 Å². The highest BCUT2D eigenvalue weighted by Gasteiger charge is 2.44. The number of benzene rings is 1. The third-order valence-electron chi connectivity index (χ3n) is 11.6. The zero-order valence-corrected chi connectivity index (χ0v) is 35.8. The number of hydrogen-bond donors (Lipinski definition) is 10. The van der Waals surface area contributed by atoms with Gasteiger partial charge in [-0.2, -0.15) is 0 Å². The Kier molecular flexibility index (Phi) is 19.2. The van der Waals surface area contributed by atoms with Crippen molar-refractivity contribution in [3.63, 3.8) is 0 Å². The lowest BCUT2D eigenvalue weighted by Crippen LogP contribution is -2.61. The zero-order valence-electron chi connectivity index (χ0n) is 35.8. The molecule has 0 aromatic heterocycles. The van der Waals surface area contributed by atoms with Crippen molar-refractivity contribution in [3.05, 3.63) is 29.8 Å². The molecule has 340 valence electrons. The van der Waals surface area contributed by atoms with Crippen LogP contribution in [0.4, 0.5) is 0 Å². The molecule has 2 saturated heterocycles. The molecule has 61 heavy (non-hydrogen) atoms. The Balaban J connectivity index is 1.79. The van der Waals surface area contributed by atoms with Crippen LogP contribution in [0, 0.1) is 11.8 Å². The maximum Gasteiger partial charge on any atom is 0.326 e. The molecule has 1 aromatic rings. The number of carboxylic acid groups (broad SMARTS) is 1. The molecule has 20 nitrogen and oxygen atoms in total. The Morgan fingerprint density at radius 2 is 1.28 bits per heavy atom. The molecule has 10 atom stereocenters. The summed E-state index contributed by atoms with van der Waals surface area (Å²) in [5.74, 6) is -5.90. The van der Waals surface area contributed by atoms with Gasteiger partial charge in [-0.1, -0.05) is 52.7 Å². The minimum atomic E-state index is -1.33. The summed E-state index contributed by atoms with van der Waals surface area (Å²) in [4.78, 5) is 102. The van der Waals surface area contributed by atoms with Crippen molar-refractivity contribution in [1.29, 1.82) is 0 Å². The standard InChI is InChI=1S/C41H66N10O10/c1-6-22(3)32(37(57)46-27(40(60)61)11-8-18-45-41(43)44)48-34(54)30-13-10-20-51(30)39(59)33(23(4)7-2)49-35(55)29-12-9-19-50(29)38(58)28(47-36(56)31(42)24(5)52)21-25-14-16-26(53)17-15-25/h14-17,22-24,27-33,52-53H,6-13,18-21,42H2,1-5H3,(H,46,57)(H,47,56)(H,48,54)(H,49,55)(H,60,61)(H4,43,44,45)/t22-,23-,24+,27-,28-,29-,30-,31-,32-,33-/m0/s1. The SMILES string of the molecule is CC[C@H](C)[C@H](NC(=O)[C@@H]1CCCN1C(=O)[C@@H](NC(=O)[C@@H]1CCCN1C(=O)[C@H](Cc1ccc(O)cc1)NC(=O)[C@@H](N)[C@@H](C)O)[C@@H](C)CC)C(=O)N[C@@H](CCCN=C(N)N)C(=O)O. The van der Waals surface area contributed by atoms with Gasteiger partial charge in [0.15, 0.2) is 5.96 Å². The van der Waals surface area contributed by atoms with Crippen LogP contribution in [0.2, 0.25) is 0 Å². The van der Waals surface area contributed by atoms with Crippen molar-refractivity contribution < 1.29 is 48.9 Å². The van der Waals surface area contributed by atoms with E-state index in [1.807, 2.05) is 13.8 Å². The molecule has 6 amide bonds. The quantitative estimate of drug-likeness (QED) is 0.0373. The second kappa shape index (κ2) is 23.5. The summed E-state index contributed by atoms with van der Waals surface area (Å²) >= 11 is 0. The number of likely N-dealkylation sites (tertiary alicyclic amines) is 2. The minimum absolute atomic E-state index is 0.00496.